The minimum absolute atomic E-state index is 0.127. The molecule has 1 aliphatic heterocycles. The van der Waals surface area contributed by atoms with E-state index in [-0.39, 0.29) is 4.90 Å². The molecule has 1 saturated heterocycles. The Labute approximate surface area is 112 Å². The second-order valence-electron chi connectivity index (χ2n) is 3.99. The summed E-state index contributed by atoms with van der Waals surface area (Å²) in [7, 11) is 0. The number of imide groups is 4. The molecule has 0 spiro atoms. The van der Waals surface area contributed by atoms with Crippen LogP contribution in [0.4, 0.5) is 14.4 Å². The van der Waals surface area contributed by atoms with Crippen LogP contribution in [0.1, 0.15) is 13.8 Å². The third kappa shape index (κ3) is 2.67. The molecule has 20 heavy (non-hydrogen) atoms. The van der Waals surface area contributed by atoms with Crippen molar-refractivity contribution in [1.82, 2.24) is 21.0 Å². The number of rotatable bonds is 3. The van der Waals surface area contributed by atoms with E-state index in [1.165, 1.54) is 5.59 Å². The molecule has 12 nitrogen and oxygen atoms in total. The van der Waals surface area contributed by atoms with Crippen LogP contribution < -0.4 is 22.9 Å². The maximum Gasteiger partial charge on any atom is 0.445 e. The molecule has 0 radical (unpaired) electrons. The van der Waals surface area contributed by atoms with Gasteiger partial charge in [0.1, 0.15) is 6.04 Å². The molecule has 1 fully saturated rings. The number of hydrazine groups is 2. The summed E-state index contributed by atoms with van der Waals surface area (Å²) < 4.78 is 0. The van der Waals surface area contributed by atoms with Crippen LogP contribution in [0.2, 0.25) is 0 Å². The molecular formula is C8H14N6O6. The highest BCUT2D eigenvalue weighted by atomic mass is 16.7. The molecule has 112 valence electrons. The smallest absolute Gasteiger partial charge is 0.338 e. The molecule has 0 aromatic heterocycles. The van der Waals surface area contributed by atoms with Crippen LogP contribution in [0.5, 0.6) is 0 Å². The Balaban J connectivity index is 3.10. The second-order valence-corrected chi connectivity index (χ2v) is 3.99. The average Bonchev–Trinajstić information content (AvgIpc) is 2.61. The Morgan fingerprint density at radius 3 is 2.10 bits per heavy atom. The van der Waals surface area contributed by atoms with Crippen molar-refractivity contribution in [3.05, 3.63) is 0 Å². The third-order valence-corrected chi connectivity index (χ3v) is 2.45. The Hall–Kier alpha value is -2.28. The summed E-state index contributed by atoms with van der Waals surface area (Å²) >= 11 is 0. The van der Waals surface area contributed by atoms with Gasteiger partial charge in [-0.3, -0.25) is 4.79 Å². The van der Waals surface area contributed by atoms with Gasteiger partial charge in [-0.2, -0.15) is 4.90 Å². The van der Waals surface area contributed by atoms with Gasteiger partial charge in [-0.1, -0.05) is 25.0 Å². The van der Waals surface area contributed by atoms with Gasteiger partial charge >= 0.3 is 18.2 Å². The topological polar surface area (TPSA) is 169 Å². The molecule has 5 amide bonds. The molecule has 0 aliphatic carbocycles. The molecule has 1 aliphatic rings. The molecular weight excluding hydrogens is 276 g/mol. The van der Waals surface area contributed by atoms with Crippen molar-refractivity contribution in [2.45, 2.75) is 19.9 Å². The number of nitrogens with one attached hydrogen (secondary N) is 2. The Bertz CT molecular complexity index is 439. The number of nitrogens with zero attached hydrogens (tertiary/aromatic N) is 2. The number of urea groups is 1. The molecule has 6 N–H and O–H groups in total. The number of amides is 5. The molecule has 0 aromatic rings. The van der Waals surface area contributed by atoms with E-state index in [1.807, 2.05) is 0 Å². The highest BCUT2D eigenvalue weighted by Crippen LogP contribution is 2.24. The third-order valence-electron chi connectivity index (χ3n) is 2.45. The van der Waals surface area contributed by atoms with E-state index in [0.29, 0.717) is 4.90 Å². The summed E-state index contributed by atoms with van der Waals surface area (Å²) in [5.41, 5.74) is 3.12. The van der Waals surface area contributed by atoms with Gasteiger partial charge in [0.25, 0.3) is 5.91 Å². The maximum absolute atomic E-state index is 12.0. The second kappa shape index (κ2) is 6.25. The van der Waals surface area contributed by atoms with E-state index >= 15 is 0 Å². The van der Waals surface area contributed by atoms with Crippen LogP contribution >= 0.6 is 0 Å². The quantitative estimate of drug-likeness (QED) is 0.267. The van der Waals surface area contributed by atoms with Crippen LogP contribution in [-0.2, 0) is 14.5 Å². The predicted octanol–water partition coefficient (Wildman–Crippen LogP) is -1.69. The van der Waals surface area contributed by atoms with E-state index in [4.69, 9.17) is 11.7 Å². The first-order valence-electron chi connectivity index (χ1n) is 5.36. The van der Waals surface area contributed by atoms with Gasteiger partial charge in [-0.15, -0.1) is 0 Å². The van der Waals surface area contributed by atoms with E-state index in [0.717, 1.165) is 0 Å². The molecule has 0 saturated carbocycles. The van der Waals surface area contributed by atoms with Gasteiger partial charge in [0.2, 0.25) is 0 Å². The lowest BCUT2D eigenvalue weighted by molar-refractivity contribution is -0.128. The minimum atomic E-state index is -1.37. The van der Waals surface area contributed by atoms with E-state index in [1.54, 1.807) is 19.4 Å². The number of hydrogen-bond acceptors (Lipinski definition) is 10. The van der Waals surface area contributed by atoms with Crippen molar-refractivity contribution >= 4 is 24.1 Å². The molecule has 1 atom stereocenters. The zero-order valence-electron chi connectivity index (χ0n) is 10.7. The van der Waals surface area contributed by atoms with E-state index in [9.17, 15) is 19.2 Å². The first-order chi connectivity index (χ1) is 9.36. The normalized spacial score (nSPS) is 18.8. The lowest BCUT2D eigenvalue weighted by atomic mass is 10.0. The van der Waals surface area contributed by atoms with Crippen molar-refractivity contribution < 1.29 is 28.9 Å². The minimum Gasteiger partial charge on any atom is -0.338 e. The van der Waals surface area contributed by atoms with Gasteiger partial charge in [0.15, 0.2) is 0 Å². The number of carbonyl (C=O) groups is 4. The highest BCUT2D eigenvalue weighted by molar-refractivity contribution is 6.18. The highest BCUT2D eigenvalue weighted by Gasteiger charge is 2.54. The van der Waals surface area contributed by atoms with Crippen LogP contribution in [0.25, 0.3) is 0 Å². The van der Waals surface area contributed by atoms with Gasteiger partial charge in [0.05, 0.1) is 0 Å². The predicted molar refractivity (Wildman–Crippen MR) is 60.3 cm³/mol. The SMILES string of the molecule is CC(C)C1C(=O)N(C(=O)ONN)C(=O)N1C(=O)ONN. The van der Waals surface area contributed by atoms with Crippen LogP contribution in [-0.4, -0.2) is 40.0 Å². The van der Waals surface area contributed by atoms with Crippen LogP contribution in [0, 0.1) is 5.92 Å². The van der Waals surface area contributed by atoms with Crippen molar-refractivity contribution in [3.63, 3.8) is 0 Å². The summed E-state index contributed by atoms with van der Waals surface area (Å²) in [6.45, 7) is 3.14. The fourth-order valence-electron chi connectivity index (χ4n) is 1.70. The molecule has 1 heterocycles. The number of hydrogen-bond donors (Lipinski definition) is 4. The van der Waals surface area contributed by atoms with Crippen molar-refractivity contribution in [3.8, 4) is 0 Å². The summed E-state index contributed by atoms with van der Waals surface area (Å²) in [5, 5.41) is 0. The largest absolute Gasteiger partial charge is 0.445 e. The summed E-state index contributed by atoms with van der Waals surface area (Å²) in [5.74, 6) is 8.13. The molecule has 0 bridgehead atoms. The van der Waals surface area contributed by atoms with Crippen LogP contribution in [0.3, 0.4) is 0 Å². The van der Waals surface area contributed by atoms with Crippen molar-refractivity contribution in [1.29, 1.82) is 0 Å². The van der Waals surface area contributed by atoms with Crippen LogP contribution in [0.15, 0.2) is 0 Å². The van der Waals surface area contributed by atoms with Gasteiger partial charge in [-0.25, -0.2) is 31.0 Å². The summed E-state index contributed by atoms with van der Waals surface area (Å²) in [6.07, 6.45) is -2.61. The molecule has 1 unspecified atom stereocenters. The van der Waals surface area contributed by atoms with Crippen molar-refractivity contribution in [2.24, 2.45) is 17.6 Å². The van der Waals surface area contributed by atoms with E-state index in [2.05, 4.69) is 9.68 Å². The summed E-state index contributed by atoms with van der Waals surface area (Å²) in [4.78, 5) is 56.0. The molecule has 12 heteroatoms. The number of carbonyl (C=O) groups excluding carboxylic acids is 4. The van der Waals surface area contributed by atoms with Crippen molar-refractivity contribution in [2.75, 3.05) is 0 Å². The monoisotopic (exact) mass is 290 g/mol. The molecule has 0 aromatic carbocycles. The first kappa shape index (κ1) is 15.8. The maximum atomic E-state index is 12.0. The molecule has 1 rings (SSSR count). The zero-order valence-corrected chi connectivity index (χ0v) is 10.7. The standard InChI is InChI=1S/C8H14N6O6/c1-3(2)4-5(15)14(8(18)20-12-10)6(16)13(4)7(17)19-11-9/h3-4,11-12H,9-10H2,1-2H3. The number of nitrogens with two attached hydrogens (primary N) is 2. The lowest BCUT2D eigenvalue weighted by Crippen LogP contribution is -2.46. The average molecular weight is 290 g/mol. The van der Waals surface area contributed by atoms with E-state index < -0.39 is 36.1 Å². The Morgan fingerprint density at radius 1 is 1.15 bits per heavy atom. The Morgan fingerprint density at radius 2 is 1.65 bits per heavy atom. The summed E-state index contributed by atoms with van der Waals surface area (Å²) in [6, 6.07) is -2.46. The van der Waals surface area contributed by atoms with Gasteiger partial charge in [-0.05, 0) is 5.92 Å². The lowest BCUT2D eigenvalue weighted by Gasteiger charge is -2.20. The van der Waals surface area contributed by atoms with Gasteiger partial charge in [0, 0.05) is 0 Å². The Kier molecular flexibility index (Phi) is 4.93. The van der Waals surface area contributed by atoms with Gasteiger partial charge < -0.3 is 9.68 Å². The fraction of sp³-hybridized carbons (Fsp3) is 0.500. The zero-order chi connectivity index (χ0) is 15.4. The first-order valence-corrected chi connectivity index (χ1v) is 5.36. The fourth-order valence-corrected chi connectivity index (χ4v) is 1.70.